The van der Waals surface area contributed by atoms with Crippen LogP contribution in [0.3, 0.4) is 0 Å². The number of amides is 3. The smallest absolute Gasteiger partial charge is 0.251 e. The lowest BCUT2D eigenvalue weighted by molar-refractivity contribution is 0.0854. The molecule has 3 fully saturated rings. The summed E-state index contributed by atoms with van der Waals surface area (Å²) in [7, 11) is 0. The Morgan fingerprint density at radius 2 is 0.744 bits per heavy atom. The number of aromatic hydroxyl groups is 3. The number of Topliss-reactive ketones (excluding diaryl/α,β-unsaturated/α-hetero) is 6. The molecule has 3 aliphatic rings. The number of aryl methyl sites for hydroxylation is 3. The molecule has 7 N–H and O–H groups in total. The van der Waals surface area contributed by atoms with E-state index in [1.807, 2.05) is 83.6 Å². The van der Waals surface area contributed by atoms with Crippen LogP contribution in [0.4, 0.5) is 0 Å². The number of halogens is 3. The second kappa shape index (κ2) is 48.5. The van der Waals surface area contributed by atoms with E-state index in [1.54, 1.807) is 117 Å². The summed E-state index contributed by atoms with van der Waals surface area (Å²) in [6.07, 6.45) is 8.96. The SMILES string of the molecule is CC(=N)c1csc(-c2ccc(C(C)(C)C)cc2)c1O.CC(=NCC(=O)c1ccc(C(=O)CCc2ccc(C(=O)NCC3CCCO3)cc2)s1)c1csc(-c2ccc(Br)cc2)c1O.CC(=NCC(=O)c1ccc(C(=O)CCc2ccc(C(=O)NCC3CCCO3)cc2)s1)c1csc(-c2ccc(Cl)c(Cl)c2)c1O.CC(=O)c1ccc(C(=O)CCc2ccc(C(=O)NCC3CCCO3)cc2)s1. The Bertz CT molecular complexity index is 6200. The lowest BCUT2D eigenvalue weighted by Crippen LogP contribution is -2.31. The van der Waals surface area contributed by atoms with Crippen molar-refractivity contribution in [2.75, 3.05) is 52.5 Å². The standard InChI is InChI=1S/C33H31BrN2O5S2.C33H30Cl2N2O5S2.C21H23NO4S.C16H19NOS/c1-20(26-19-42-32(31(26)39)22-9-11-24(34)12-10-22)35-18-28(38)30-15-14-29(43-30)27(37)13-6-21-4-7-23(8-5-21)33(40)36-17-25-3-2-16-41-25;1-19(24-18-43-32(31(24)40)22-9-10-25(34)26(35)15-22)36-17-28(39)30-13-12-29(44-30)27(38)11-6-20-4-7-21(8-5-20)33(41)37-16-23-3-2-14-42-23;1-14(23)19-10-11-20(27-19)18(24)9-6-15-4-7-16(8-5-15)21(25)22-13-17-3-2-12-26-17;1-10(17)13-9-19-15(14(13)18)11-5-7-12(8-6-11)16(2,3)4/h4-5,7-12,14-15,19,25,39H,2-3,6,13,16-18H2,1H3,(H,36,40);4-5,7-10,12-13,15,18,23,40H,2-3,6,11,14,16-17H2,1H3,(H,37,41);4-5,7-8,10-11,17H,2-3,6,9,12-13H2,1H3,(H,22,25);5-9,17-18H,1-4H3. The fourth-order valence-electron chi connectivity index (χ4n) is 14.4. The van der Waals surface area contributed by atoms with Gasteiger partial charge < -0.3 is 50.9 Å². The maximum absolute atomic E-state index is 12.9. The van der Waals surface area contributed by atoms with Gasteiger partial charge in [-0.2, -0.15) is 0 Å². The summed E-state index contributed by atoms with van der Waals surface area (Å²) in [6.45, 7) is 16.9. The van der Waals surface area contributed by atoms with E-state index in [-0.39, 0.29) is 113 Å². The number of hydrogen-bond acceptors (Lipinski definition) is 24. The van der Waals surface area contributed by atoms with Gasteiger partial charge in [-0.05, 0) is 227 Å². The average molecular weight is 2010 g/mol. The van der Waals surface area contributed by atoms with E-state index in [4.69, 9.17) is 42.8 Å². The number of ketones is 6. The average Bonchev–Trinajstić information content (AvgIpc) is 1.81. The van der Waals surface area contributed by atoms with Crippen molar-refractivity contribution in [3.63, 3.8) is 0 Å². The maximum Gasteiger partial charge on any atom is 0.251 e. The first-order valence-electron chi connectivity index (χ1n) is 43.6. The molecule has 6 aromatic heterocycles. The number of ether oxygens (including phenoxy) is 3. The predicted octanol–water partition coefficient (Wildman–Crippen LogP) is 23.7. The van der Waals surface area contributed by atoms with Crippen LogP contribution in [0, 0.1) is 5.41 Å². The summed E-state index contributed by atoms with van der Waals surface area (Å²) in [5, 5.41) is 54.3. The molecule has 3 atom stereocenters. The van der Waals surface area contributed by atoms with Crippen LogP contribution in [0.2, 0.25) is 10.0 Å². The van der Waals surface area contributed by atoms with Gasteiger partial charge in [0.15, 0.2) is 34.7 Å². The Morgan fingerprint density at radius 3 is 1.07 bits per heavy atom. The molecule has 133 heavy (non-hydrogen) atoms. The van der Waals surface area contributed by atoms with Crippen molar-refractivity contribution in [2.24, 2.45) is 9.98 Å². The van der Waals surface area contributed by atoms with Gasteiger partial charge in [-0.15, -0.1) is 68.0 Å². The van der Waals surface area contributed by atoms with Crippen LogP contribution >= 0.6 is 107 Å². The zero-order valence-electron chi connectivity index (χ0n) is 74.6. The maximum atomic E-state index is 12.9. The lowest BCUT2D eigenvalue weighted by Gasteiger charge is -2.19. The molecule has 3 amide bonds. The van der Waals surface area contributed by atoms with Gasteiger partial charge in [0, 0.05) is 130 Å². The highest BCUT2D eigenvalue weighted by molar-refractivity contribution is 9.10. The van der Waals surface area contributed by atoms with E-state index in [9.17, 15) is 58.5 Å². The van der Waals surface area contributed by atoms with Crippen molar-refractivity contribution in [3.05, 3.63) is 291 Å². The van der Waals surface area contributed by atoms with E-state index in [1.165, 1.54) is 69.2 Å². The van der Waals surface area contributed by atoms with Gasteiger partial charge >= 0.3 is 0 Å². The topological polar surface area (TPSA) is 327 Å². The van der Waals surface area contributed by atoms with E-state index in [0.29, 0.717) is 146 Å². The van der Waals surface area contributed by atoms with Gasteiger partial charge in [0.1, 0.15) is 30.3 Å². The third-order valence-electron chi connectivity index (χ3n) is 22.4. The Labute approximate surface area is 815 Å². The highest BCUT2D eigenvalue weighted by Crippen LogP contribution is 2.43. The number of carbonyl (C=O) groups excluding carboxylic acids is 9. The third-order valence-corrected chi connectivity index (χ3v) is 30.2. The molecule has 21 nitrogen and oxygen atoms in total. The molecule has 0 aliphatic carbocycles. The first kappa shape index (κ1) is 101. The normalized spacial score (nSPS) is 14.8. The Hall–Kier alpha value is -10.7. The van der Waals surface area contributed by atoms with Crippen molar-refractivity contribution in [2.45, 2.75) is 149 Å². The minimum Gasteiger partial charge on any atom is -0.506 e. The molecular formula is C103H103BrCl2N6O15S6. The number of nitrogens with zero attached hydrogens (tertiary/aromatic N) is 2. The molecule has 0 radical (unpaired) electrons. The number of hydrogen-bond donors (Lipinski definition) is 7. The van der Waals surface area contributed by atoms with Gasteiger partial charge in [-0.1, -0.05) is 139 Å². The minimum atomic E-state index is -0.207. The van der Waals surface area contributed by atoms with E-state index in [0.717, 1.165) is 117 Å². The first-order chi connectivity index (χ1) is 63.8. The van der Waals surface area contributed by atoms with Gasteiger partial charge in [-0.3, -0.25) is 53.1 Å². The van der Waals surface area contributed by atoms with Gasteiger partial charge in [0.05, 0.1) is 72.3 Å². The lowest BCUT2D eigenvalue weighted by atomic mass is 9.86. The van der Waals surface area contributed by atoms with Crippen LogP contribution in [0.1, 0.15) is 234 Å². The van der Waals surface area contributed by atoms with Crippen molar-refractivity contribution in [3.8, 4) is 48.6 Å². The monoisotopic (exact) mass is 2000 g/mol. The Kier molecular flexibility index (Phi) is 36.9. The van der Waals surface area contributed by atoms with Gasteiger partial charge in [0.2, 0.25) is 0 Å². The van der Waals surface area contributed by atoms with Crippen LogP contribution < -0.4 is 16.0 Å². The molecule has 0 saturated carbocycles. The molecule has 9 heterocycles. The molecule has 692 valence electrons. The number of rotatable bonds is 34. The second-order valence-corrected chi connectivity index (χ2v) is 40.8. The molecule has 0 bridgehead atoms. The van der Waals surface area contributed by atoms with Crippen LogP contribution in [0.5, 0.6) is 17.2 Å². The molecule has 6 aromatic carbocycles. The zero-order chi connectivity index (χ0) is 95.0. The third kappa shape index (κ3) is 28.7. The first-order valence-corrected chi connectivity index (χ1v) is 50.2. The molecule has 12 aromatic rings. The highest BCUT2D eigenvalue weighted by atomic mass is 79.9. The van der Waals surface area contributed by atoms with Crippen molar-refractivity contribution < 1.29 is 72.7 Å². The van der Waals surface area contributed by atoms with Crippen LogP contribution in [-0.4, -0.2) is 156 Å². The van der Waals surface area contributed by atoms with Crippen LogP contribution in [0.15, 0.2) is 207 Å². The summed E-state index contributed by atoms with van der Waals surface area (Å²) in [5.74, 6) is -0.403. The number of benzene rings is 6. The van der Waals surface area contributed by atoms with E-state index < -0.39 is 0 Å². The number of thiophene rings is 6. The highest BCUT2D eigenvalue weighted by Gasteiger charge is 2.26. The van der Waals surface area contributed by atoms with E-state index >= 15 is 0 Å². The summed E-state index contributed by atoms with van der Waals surface area (Å²) in [4.78, 5) is 126. The number of carbonyl (C=O) groups is 9. The molecule has 15 rings (SSSR count). The summed E-state index contributed by atoms with van der Waals surface area (Å²) in [6, 6.07) is 53.0. The van der Waals surface area contributed by atoms with E-state index in [2.05, 4.69) is 74.8 Å². The molecule has 3 unspecified atom stereocenters. The fraction of sp³-hybridized carbons (Fsp3) is 0.301. The molecule has 3 aliphatic heterocycles. The number of nitrogens with one attached hydrogen (secondary N) is 4. The Morgan fingerprint density at radius 1 is 0.421 bits per heavy atom. The quantitative estimate of drug-likeness (QED) is 0.0146. The van der Waals surface area contributed by atoms with Crippen molar-refractivity contribution in [1.82, 2.24) is 16.0 Å². The van der Waals surface area contributed by atoms with Gasteiger partial charge in [-0.25, -0.2) is 0 Å². The summed E-state index contributed by atoms with van der Waals surface area (Å²) >= 11 is 23.4. The largest absolute Gasteiger partial charge is 0.506 e. The van der Waals surface area contributed by atoms with Crippen molar-refractivity contribution >= 4 is 177 Å². The number of aliphatic imine (C=N–C) groups is 2. The fourth-order valence-corrected chi connectivity index (χ4v) is 20.7. The Balaban J connectivity index is 0.000000167. The molecular weight excluding hydrogens is 1900 g/mol. The minimum absolute atomic E-state index is 0.0209. The molecule has 3 saturated heterocycles. The van der Waals surface area contributed by atoms with Crippen LogP contribution in [-0.2, 0) is 38.9 Å². The molecule has 30 heteroatoms. The van der Waals surface area contributed by atoms with Gasteiger partial charge in [0.25, 0.3) is 17.7 Å². The molecule has 0 spiro atoms. The van der Waals surface area contributed by atoms with Crippen molar-refractivity contribution in [1.29, 1.82) is 5.41 Å². The zero-order valence-corrected chi connectivity index (χ0v) is 82.6. The predicted molar refractivity (Wildman–Crippen MR) is 540 cm³/mol. The summed E-state index contributed by atoms with van der Waals surface area (Å²) < 4.78 is 17.5. The second-order valence-electron chi connectivity index (χ2n) is 33.2. The summed E-state index contributed by atoms with van der Waals surface area (Å²) in [5.41, 5.74) is 12.0. The van der Waals surface area contributed by atoms with Crippen LogP contribution in [0.25, 0.3) is 31.3 Å².